The second-order valence-electron chi connectivity index (χ2n) is 17.7. The minimum atomic E-state index is 0.898. The zero-order valence-electron chi connectivity index (χ0n) is 37.7. The summed E-state index contributed by atoms with van der Waals surface area (Å²) in [6, 6.07) is 96.1. The second-order valence-corrected chi connectivity index (χ2v) is 17.7. The zero-order valence-corrected chi connectivity index (χ0v) is 37.7. The van der Waals surface area contributed by atoms with Crippen LogP contribution in [0.1, 0.15) is 0 Å². The maximum atomic E-state index is 6.48. The lowest BCUT2D eigenvalue weighted by atomic mass is 9.97. The monoisotopic (exact) mass is 880 g/mol. The molecule has 0 spiro atoms. The first-order valence-electron chi connectivity index (χ1n) is 23.6. The third-order valence-electron chi connectivity index (χ3n) is 13.6. The normalized spacial score (nSPS) is 11.5. The standard InChI is InChI=1S/C66H44N2O/c1-2-16-45(17-3-1)46-34-36-47(37-35-46)50-19-13-22-54(43-50)67(53-40-38-48(39-41-53)57-28-15-29-61-60-27-7-11-33-65(60)69-66(57)61)55-23-14-20-51(44-55)49-18-12-21-52(42-49)56-24-4-8-30-62(56)68-63-31-9-5-25-58(63)59-26-6-10-32-64(59)68/h1-44H. The highest BCUT2D eigenvalue weighted by Crippen LogP contribution is 2.42. The van der Waals surface area contributed by atoms with Crippen molar-refractivity contribution in [1.29, 1.82) is 0 Å². The number of hydrogen-bond acceptors (Lipinski definition) is 2. The smallest absolute Gasteiger partial charge is 0.143 e. The molecule has 0 bridgehead atoms. The number of furan rings is 1. The number of nitrogens with zero attached hydrogens (tertiary/aromatic N) is 2. The van der Waals surface area contributed by atoms with Crippen molar-refractivity contribution in [2.24, 2.45) is 0 Å². The maximum absolute atomic E-state index is 6.48. The molecule has 0 N–H and O–H groups in total. The third-order valence-corrected chi connectivity index (χ3v) is 13.6. The predicted octanol–water partition coefficient (Wildman–Crippen LogP) is 18.5. The van der Waals surface area contributed by atoms with Crippen molar-refractivity contribution < 1.29 is 4.42 Å². The minimum absolute atomic E-state index is 0.898. The van der Waals surface area contributed by atoms with Crippen LogP contribution in [0.3, 0.4) is 0 Å². The van der Waals surface area contributed by atoms with Gasteiger partial charge in [0, 0.05) is 49.7 Å². The first-order chi connectivity index (χ1) is 34.2. The molecule has 0 unspecified atom stereocenters. The summed E-state index contributed by atoms with van der Waals surface area (Å²) in [5.41, 5.74) is 20.0. The van der Waals surface area contributed by atoms with Crippen LogP contribution in [0.4, 0.5) is 17.1 Å². The lowest BCUT2D eigenvalue weighted by Crippen LogP contribution is -2.10. The van der Waals surface area contributed by atoms with Crippen LogP contribution in [0.2, 0.25) is 0 Å². The van der Waals surface area contributed by atoms with Crippen molar-refractivity contribution in [2.75, 3.05) is 4.90 Å². The summed E-state index contributed by atoms with van der Waals surface area (Å²) in [4.78, 5) is 2.37. The summed E-state index contributed by atoms with van der Waals surface area (Å²) in [7, 11) is 0. The lowest BCUT2D eigenvalue weighted by Gasteiger charge is -2.27. The van der Waals surface area contributed by atoms with Crippen molar-refractivity contribution in [2.45, 2.75) is 0 Å². The van der Waals surface area contributed by atoms with E-state index in [1.165, 1.54) is 38.5 Å². The first kappa shape index (κ1) is 40.1. The summed E-state index contributed by atoms with van der Waals surface area (Å²) >= 11 is 0. The fraction of sp³-hybridized carbons (Fsp3) is 0. The van der Waals surface area contributed by atoms with E-state index in [4.69, 9.17) is 4.42 Å². The van der Waals surface area contributed by atoms with Crippen LogP contribution in [0, 0.1) is 0 Å². The molecule has 0 aliphatic heterocycles. The van der Waals surface area contributed by atoms with Gasteiger partial charge in [0.1, 0.15) is 11.2 Å². The molecule has 2 heterocycles. The first-order valence-corrected chi connectivity index (χ1v) is 23.6. The van der Waals surface area contributed by atoms with Gasteiger partial charge in [0.25, 0.3) is 0 Å². The van der Waals surface area contributed by atoms with Crippen molar-refractivity contribution in [3.8, 4) is 61.3 Å². The Morgan fingerprint density at radius 3 is 1.45 bits per heavy atom. The Kier molecular flexibility index (Phi) is 9.84. The van der Waals surface area contributed by atoms with Crippen molar-refractivity contribution in [3.05, 3.63) is 267 Å². The molecular weight excluding hydrogens is 837 g/mol. The molecule has 0 radical (unpaired) electrons. The number of aromatic nitrogens is 1. The Bertz CT molecular complexity index is 3960. The van der Waals surface area contributed by atoms with E-state index in [-0.39, 0.29) is 0 Å². The van der Waals surface area contributed by atoms with E-state index in [1.54, 1.807) is 0 Å². The summed E-state index contributed by atoms with van der Waals surface area (Å²) in [5, 5.41) is 4.76. The fourth-order valence-corrected chi connectivity index (χ4v) is 10.3. The van der Waals surface area contributed by atoms with Crippen LogP contribution in [0.5, 0.6) is 0 Å². The van der Waals surface area contributed by atoms with Gasteiger partial charge in [-0.1, -0.05) is 200 Å². The van der Waals surface area contributed by atoms with Crippen LogP contribution in [0.25, 0.3) is 105 Å². The van der Waals surface area contributed by atoms with Gasteiger partial charge in [0.2, 0.25) is 0 Å². The molecule has 0 fully saturated rings. The molecule has 0 atom stereocenters. The van der Waals surface area contributed by atoms with Gasteiger partial charge < -0.3 is 13.9 Å². The highest BCUT2D eigenvalue weighted by Gasteiger charge is 2.19. The van der Waals surface area contributed by atoms with E-state index < -0.39 is 0 Å². The summed E-state index contributed by atoms with van der Waals surface area (Å²) in [6.07, 6.45) is 0. The lowest BCUT2D eigenvalue weighted by molar-refractivity contribution is 0.670. The van der Waals surface area contributed by atoms with Gasteiger partial charge in [-0.05, 0) is 111 Å². The summed E-state index contributed by atoms with van der Waals surface area (Å²) in [6.45, 7) is 0. The highest BCUT2D eigenvalue weighted by molar-refractivity contribution is 6.11. The average Bonchev–Trinajstić information content (AvgIpc) is 3.98. The molecule has 11 aromatic carbocycles. The molecule has 13 aromatic rings. The summed E-state index contributed by atoms with van der Waals surface area (Å²) < 4.78 is 8.90. The number of fused-ring (bicyclic) bond motifs is 6. The Labute approximate surface area is 401 Å². The molecule has 324 valence electrons. The van der Waals surface area contributed by atoms with Crippen LogP contribution in [-0.4, -0.2) is 4.57 Å². The number of anilines is 3. The van der Waals surface area contributed by atoms with Crippen molar-refractivity contribution in [3.63, 3.8) is 0 Å². The maximum Gasteiger partial charge on any atom is 0.143 e. The predicted molar refractivity (Wildman–Crippen MR) is 290 cm³/mol. The van der Waals surface area contributed by atoms with Gasteiger partial charge in [-0.15, -0.1) is 0 Å². The Morgan fingerprint density at radius 2 is 0.739 bits per heavy atom. The molecule has 0 saturated heterocycles. The topological polar surface area (TPSA) is 21.3 Å². The quantitative estimate of drug-likeness (QED) is 0.144. The molecule has 0 amide bonds. The van der Waals surface area contributed by atoms with E-state index in [2.05, 4.69) is 264 Å². The average molecular weight is 881 g/mol. The van der Waals surface area contributed by atoms with E-state index in [1.807, 2.05) is 12.1 Å². The van der Waals surface area contributed by atoms with Crippen LogP contribution in [-0.2, 0) is 0 Å². The number of rotatable bonds is 9. The molecule has 13 rings (SSSR count). The SMILES string of the molecule is c1ccc(-c2ccc(-c3cccc(N(c4ccc(-c5cccc6c5oc5ccccc56)cc4)c4cccc(-c5cccc(-c6ccccc6-n6c7ccccc7c7ccccc76)c5)c4)c3)cc2)cc1. The van der Waals surface area contributed by atoms with E-state index >= 15 is 0 Å². The van der Waals surface area contributed by atoms with Gasteiger partial charge in [0.05, 0.1) is 16.7 Å². The molecule has 0 aliphatic rings. The number of para-hydroxylation sites is 5. The minimum Gasteiger partial charge on any atom is -0.455 e. The molecule has 3 heteroatoms. The third kappa shape index (κ3) is 7.16. The Morgan fingerprint density at radius 1 is 0.275 bits per heavy atom. The van der Waals surface area contributed by atoms with Crippen LogP contribution >= 0.6 is 0 Å². The Hall–Kier alpha value is -9.18. The molecule has 0 aliphatic carbocycles. The van der Waals surface area contributed by atoms with Gasteiger partial charge in [0.15, 0.2) is 0 Å². The van der Waals surface area contributed by atoms with Gasteiger partial charge in [-0.3, -0.25) is 0 Å². The summed E-state index contributed by atoms with van der Waals surface area (Å²) in [5.74, 6) is 0. The molecule has 2 aromatic heterocycles. The molecule has 3 nitrogen and oxygen atoms in total. The van der Waals surface area contributed by atoms with Gasteiger partial charge in [-0.25, -0.2) is 0 Å². The number of benzene rings is 11. The van der Waals surface area contributed by atoms with Crippen LogP contribution in [0.15, 0.2) is 271 Å². The largest absolute Gasteiger partial charge is 0.455 e. The molecule has 69 heavy (non-hydrogen) atoms. The second kappa shape index (κ2) is 16.9. The number of hydrogen-bond donors (Lipinski definition) is 0. The van der Waals surface area contributed by atoms with Crippen LogP contribution < -0.4 is 4.90 Å². The zero-order chi connectivity index (χ0) is 45.7. The van der Waals surface area contributed by atoms with E-state index in [0.29, 0.717) is 0 Å². The Balaban J connectivity index is 0.907. The highest BCUT2D eigenvalue weighted by atomic mass is 16.3. The van der Waals surface area contributed by atoms with Gasteiger partial charge >= 0.3 is 0 Å². The molecule has 0 saturated carbocycles. The van der Waals surface area contributed by atoms with Crippen molar-refractivity contribution in [1.82, 2.24) is 4.57 Å². The van der Waals surface area contributed by atoms with E-state index in [0.717, 1.165) is 83.6 Å². The van der Waals surface area contributed by atoms with E-state index in [9.17, 15) is 0 Å². The molecular formula is C66H44N2O. The van der Waals surface area contributed by atoms with Crippen molar-refractivity contribution >= 4 is 60.8 Å². The fourth-order valence-electron chi connectivity index (χ4n) is 10.3. The van der Waals surface area contributed by atoms with Gasteiger partial charge in [-0.2, -0.15) is 0 Å².